The fourth-order valence-corrected chi connectivity index (χ4v) is 2.37. The van der Waals surface area contributed by atoms with Crippen molar-refractivity contribution in [2.45, 2.75) is 32.9 Å². The molecule has 9 nitrogen and oxygen atoms in total. The normalized spacial score (nSPS) is 11.8. The molecule has 0 saturated heterocycles. The second kappa shape index (κ2) is 9.11. The first-order chi connectivity index (χ1) is 11.9. The highest BCUT2D eigenvalue weighted by atomic mass is 79.9. The molecule has 0 aliphatic rings. The van der Waals surface area contributed by atoms with E-state index in [0.717, 1.165) is 4.47 Å². The molecular formula is C15H20BrN7O2. The molecule has 1 atom stereocenters. The van der Waals surface area contributed by atoms with Gasteiger partial charge in [-0.1, -0.05) is 29.8 Å². The van der Waals surface area contributed by atoms with Crippen molar-refractivity contribution in [3.8, 4) is 0 Å². The summed E-state index contributed by atoms with van der Waals surface area (Å²) >= 11 is 3.33. The van der Waals surface area contributed by atoms with Crippen LogP contribution in [0.4, 0.5) is 10.5 Å². The van der Waals surface area contributed by atoms with E-state index >= 15 is 0 Å². The van der Waals surface area contributed by atoms with Crippen molar-refractivity contribution in [1.29, 1.82) is 0 Å². The van der Waals surface area contributed by atoms with E-state index in [9.17, 15) is 9.59 Å². The number of nitrogens with zero attached hydrogens (tertiary/aromatic N) is 3. The Bertz CT molecular complexity index is 688. The summed E-state index contributed by atoms with van der Waals surface area (Å²) in [7, 11) is 0. The molecule has 0 radical (unpaired) electrons. The lowest BCUT2D eigenvalue weighted by atomic mass is 10.0. The maximum absolute atomic E-state index is 12.4. The monoisotopic (exact) mass is 409 g/mol. The Morgan fingerprint density at radius 2 is 1.96 bits per heavy atom. The van der Waals surface area contributed by atoms with Crippen LogP contribution in [0.5, 0.6) is 0 Å². The van der Waals surface area contributed by atoms with Crippen molar-refractivity contribution >= 4 is 33.6 Å². The van der Waals surface area contributed by atoms with Gasteiger partial charge in [0.1, 0.15) is 6.04 Å². The van der Waals surface area contributed by atoms with Gasteiger partial charge in [0, 0.05) is 10.2 Å². The summed E-state index contributed by atoms with van der Waals surface area (Å²) in [5.74, 6) is 0.377. The van der Waals surface area contributed by atoms with E-state index in [-0.39, 0.29) is 18.4 Å². The second-order valence-electron chi connectivity index (χ2n) is 5.85. The van der Waals surface area contributed by atoms with E-state index < -0.39 is 12.1 Å². The number of carbonyl (C=O) groups is 2. The number of aromatic amines is 1. The number of carbonyl (C=O) groups excluding carboxylic acids is 2. The molecule has 10 heteroatoms. The van der Waals surface area contributed by atoms with Crippen molar-refractivity contribution in [1.82, 2.24) is 31.3 Å². The molecule has 0 spiro atoms. The smallest absolute Gasteiger partial charge is 0.319 e. The van der Waals surface area contributed by atoms with Crippen LogP contribution in [0.1, 0.15) is 26.1 Å². The van der Waals surface area contributed by atoms with Crippen molar-refractivity contribution in [2.24, 2.45) is 5.92 Å². The molecule has 0 saturated carbocycles. The zero-order valence-electron chi connectivity index (χ0n) is 13.9. The molecule has 3 amide bonds. The fourth-order valence-electron chi connectivity index (χ4n) is 2.11. The number of benzene rings is 1. The lowest BCUT2D eigenvalue weighted by molar-refractivity contribution is -0.123. The average molecular weight is 410 g/mol. The Balaban J connectivity index is 1.92. The summed E-state index contributed by atoms with van der Waals surface area (Å²) in [6.07, 6.45) is 0.508. The third-order valence-electron chi connectivity index (χ3n) is 3.25. The number of urea groups is 1. The van der Waals surface area contributed by atoms with Gasteiger partial charge in [-0.15, -0.1) is 5.10 Å². The summed E-state index contributed by atoms with van der Waals surface area (Å²) in [6, 6.07) is 6.06. The van der Waals surface area contributed by atoms with Gasteiger partial charge in [0.05, 0.1) is 6.54 Å². The van der Waals surface area contributed by atoms with Crippen LogP contribution in [0.3, 0.4) is 0 Å². The summed E-state index contributed by atoms with van der Waals surface area (Å²) in [6.45, 7) is 4.13. The highest BCUT2D eigenvalue weighted by Gasteiger charge is 2.22. The first-order valence-electron chi connectivity index (χ1n) is 7.77. The third kappa shape index (κ3) is 6.49. The topological polar surface area (TPSA) is 125 Å². The number of aromatic nitrogens is 4. The van der Waals surface area contributed by atoms with E-state index in [1.807, 2.05) is 26.0 Å². The number of H-pyrrole nitrogens is 1. The predicted octanol–water partition coefficient (Wildman–Crippen LogP) is 1.81. The molecule has 0 bridgehead atoms. The lowest BCUT2D eigenvalue weighted by Crippen LogP contribution is -2.48. The maximum atomic E-state index is 12.4. The van der Waals surface area contributed by atoms with E-state index in [0.29, 0.717) is 17.9 Å². The molecule has 0 aliphatic carbocycles. The van der Waals surface area contributed by atoms with Crippen molar-refractivity contribution in [3.63, 3.8) is 0 Å². The molecule has 1 aromatic carbocycles. The minimum Gasteiger partial charge on any atom is -0.347 e. The number of anilines is 1. The summed E-state index contributed by atoms with van der Waals surface area (Å²) < 4.78 is 0.914. The van der Waals surface area contributed by atoms with Crippen molar-refractivity contribution in [2.75, 3.05) is 5.32 Å². The molecular weight excluding hydrogens is 390 g/mol. The molecule has 2 aromatic rings. The molecule has 25 heavy (non-hydrogen) atoms. The van der Waals surface area contributed by atoms with Gasteiger partial charge in [-0.2, -0.15) is 0 Å². The van der Waals surface area contributed by atoms with Gasteiger partial charge in [0.2, 0.25) is 5.91 Å². The molecule has 1 heterocycles. The Labute approximate surface area is 153 Å². The Kier molecular flexibility index (Phi) is 6.87. The molecule has 1 aromatic heterocycles. The highest BCUT2D eigenvalue weighted by Crippen LogP contribution is 2.14. The van der Waals surface area contributed by atoms with Crippen LogP contribution in [-0.4, -0.2) is 38.6 Å². The van der Waals surface area contributed by atoms with Crippen LogP contribution < -0.4 is 16.0 Å². The predicted molar refractivity (Wildman–Crippen MR) is 95.6 cm³/mol. The SMILES string of the molecule is CC(C)C[C@H](NC(=O)Nc1ccc(Br)cc1)C(=O)NCc1nnn[nH]1. The number of halogens is 1. The third-order valence-corrected chi connectivity index (χ3v) is 3.78. The summed E-state index contributed by atoms with van der Waals surface area (Å²) in [4.78, 5) is 24.5. The van der Waals surface area contributed by atoms with Gasteiger partial charge in [-0.05, 0) is 47.0 Å². The van der Waals surface area contributed by atoms with E-state index in [1.54, 1.807) is 12.1 Å². The van der Waals surface area contributed by atoms with Gasteiger partial charge in [-0.25, -0.2) is 9.89 Å². The highest BCUT2D eigenvalue weighted by molar-refractivity contribution is 9.10. The quantitative estimate of drug-likeness (QED) is 0.554. The molecule has 134 valence electrons. The largest absolute Gasteiger partial charge is 0.347 e. The Morgan fingerprint density at radius 3 is 2.56 bits per heavy atom. The summed E-state index contributed by atoms with van der Waals surface area (Å²) in [5, 5.41) is 21.3. The van der Waals surface area contributed by atoms with Crippen LogP contribution in [0, 0.1) is 5.92 Å². The van der Waals surface area contributed by atoms with Crippen LogP contribution in [0.15, 0.2) is 28.7 Å². The maximum Gasteiger partial charge on any atom is 0.319 e. The molecule has 0 unspecified atom stereocenters. The Hall–Kier alpha value is -2.49. The number of rotatable bonds is 7. The minimum atomic E-state index is -0.661. The number of nitrogens with one attached hydrogen (secondary N) is 4. The minimum absolute atomic E-state index is 0.163. The lowest BCUT2D eigenvalue weighted by Gasteiger charge is -2.20. The summed E-state index contributed by atoms with van der Waals surface area (Å²) in [5.41, 5.74) is 0.636. The first kappa shape index (κ1) is 18.8. The van der Waals surface area contributed by atoms with Crippen molar-refractivity contribution in [3.05, 3.63) is 34.6 Å². The van der Waals surface area contributed by atoms with E-state index in [4.69, 9.17) is 0 Å². The average Bonchev–Trinajstić information content (AvgIpc) is 3.07. The number of hydrogen-bond acceptors (Lipinski definition) is 5. The number of tetrazole rings is 1. The first-order valence-corrected chi connectivity index (χ1v) is 8.56. The van der Waals surface area contributed by atoms with Gasteiger partial charge >= 0.3 is 6.03 Å². The van der Waals surface area contributed by atoms with Crippen LogP contribution >= 0.6 is 15.9 Å². The van der Waals surface area contributed by atoms with Crippen LogP contribution in [0.2, 0.25) is 0 Å². The van der Waals surface area contributed by atoms with E-state index in [1.165, 1.54) is 0 Å². The van der Waals surface area contributed by atoms with Gasteiger partial charge in [-0.3, -0.25) is 4.79 Å². The van der Waals surface area contributed by atoms with Crippen LogP contribution in [0.25, 0.3) is 0 Å². The number of hydrogen-bond donors (Lipinski definition) is 4. The second-order valence-corrected chi connectivity index (χ2v) is 6.77. The molecule has 0 aliphatic heterocycles. The van der Waals surface area contributed by atoms with Crippen LogP contribution in [-0.2, 0) is 11.3 Å². The molecule has 4 N–H and O–H groups in total. The van der Waals surface area contributed by atoms with Crippen molar-refractivity contribution < 1.29 is 9.59 Å². The van der Waals surface area contributed by atoms with Gasteiger partial charge < -0.3 is 16.0 Å². The standard InChI is InChI=1S/C15H20BrN7O2/c1-9(2)7-12(14(24)17-8-13-20-22-23-21-13)19-15(25)18-11-5-3-10(16)4-6-11/h3-6,9,12H,7-8H2,1-2H3,(H,17,24)(H2,18,19,25)(H,20,21,22,23)/t12-/m0/s1. The zero-order chi connectivity index (χ0) is 18.2. The number of amides is 3. The fraction of sp³-hybridized carbons (Fsp3) is 0.400. The Morgan fingerprint density at radius 1 is 1.24 bits per heavy atom. The van der Waals surface area contributed by atoms with Gasteiger partial charge in [0.25, 0.3) is 0 Å². The molecule has 0 fully saturated rings. The zero-order valence-corrected chi connectivity index (χ0v) is 15.5. The van der Waals surface area contributed by atoms with E-state index in [2.05, 4.69) is 52.5 Å². The van der Waals surface area contributed by atoms with Gasteiger partial charge in [0.15, 0.2) is 5.82 Å². The molecule has 2 rings (SSSR count).